The summed E-state index contributed by atoms with van der Waals surface area (Å²) in [6.07, 6.45) is -0.823. The summed E-state index contributed by atoms with van der Waals surface area (Å²) < 4.78 is 5.02. The summed E-state index contributed by atoms with van der Waals surface area (Å²) in [5.74, 6) is -1.62. The molecule has 0 spiro atoms. The molecule has 3 rings (SSSR count). The van der Waals surface area contributed by atoms with E-state index in [2.05, 4.69) is 16.0 Å². The number of urea groups is 1. The van der Waals surface area contributed by atoms with Crippen LogP contribution in [0.5, 0.6) is 0 Å². The van der Waals surface area contributed by atoms with Crippen LogP contribution in [0.4, 0.5) is 9.59 Å². The predicted molar refractivity (Wildman–Crippen MR) is 132 cm³/mol. The minimum absolute atomic E-state index is 0.210. The van der Waals surface area contributed by atoms with E-state index in [-0.39, 0.29) is 5.02 Å². The molecule has 35 heavy (non-hydrogen) atoms. The third kappa shape index (κ3) is 8.47. The maximum Gasteiger partial charge on any atom is 0.408 e. The lowest BCUT2D eigenvalue weighted by Gasteiger charge is -2.22. The highest BCUT2D eigenvalue weighted by molar-refractivity contribution is 6.42. The fourth-order valence-corrected chi connectivity index (χ4v) is 3.36. The van der Waals surface area contributed by atoms with Crippen molar-refractivity contribution in [2.24, 2.45) is 0 Å². The highest BCUT2D eigenvalue weighted by atomic mass is 35.5. The van der Waals surface area contributed by atoms with Crippen molar-refractivity contribution in [3.05, 3.63) is 67.6 Å². The van der Waals surface area contributed by atoms with Crippen LogP contribution in [0.25, 0.3) is 0 Å². The molecule has 2 aromatic rings. The highest BCUT2D eigenvalue weighted by Gasteiger charge is 2.31. The zero-order valence-corrected chi connectivity index (χ0v) is 21.6. The number of alkyl carbamates (subject to hydrolysis) is 1. The van der Waals surface area contributed by atoms with Gasteiger partial charge >= 0.3 is 18.1 Å². The van der Waals surface area contributed by atoms with Crippen LogP contribution >= 0.6 is 46.4 Å². The van der Waals surface area contributed by atoms with Crippen LogP contribution in [-0.4, -0.2) is 34.7 Å². The molecule has 0 aliphatic carbocycles. The topological polar surface area (TPSA) is 134 Å². The number of carboxylic acid groups (broad SMARTS) is 1. The van der Waals surface area contributed by atoms with Crippen molar-refractivity contribution in [3.63, 3.8) is 0 Å². The number of carbonyl (C=O) groups excluding carboxylic acids is 3. The molecule has 2 unspecified atom stereocenters. The summed E-state index contributed by atoms with van der Waals surface area (Å²) in [5, 5.41) is 17.3. The van der Waals surface area contributed by atoms with Gasteiger partial charge in [0.1, 0.15) is 11.6 Å². The van der Waals surface area contributed by atoms with Gasteiger partial charge in [0.25, 0.3) is 5.91 Å². The van der Waals surface area contributed by atoms with Crippen molar-refractivity contribution in [1.29, 1.82) is 0 Å². The number of nitrogens with one attached hydrogen (secondary N) is 3. The van der Waals surface area contributed by atoms with Gasteiger partial charge in [-0.2, -0.15) is 0 Å². The number of rotatable bonds is 4. The molecule has 0 saturated carbocycles. The summed E-state index contributed by atoms with van der Waals surface area (Å²) in [6.45, 7) is 5.05. The number of halogens is 4. The molecule has 9 nitrogen and oxygen atoms in total. The molecule has 1 aliphatic rings. The molecular weight excluding hydrogens is 544 g/mol. The maximum atomic E-state index is 11.6. The Labute approximate surface area is 221 Å². The Hall–Kier alpha value is -2.72. The Kier molecular flexibility index (Phi) is 9.62. The van der Waals surface area contributed by atoms with Crippen molar-refractivity contribution in [3.8, 4) is 0 Å². The molecule has 0 radical (unpaired) electrons. The quantitative estimate of drug-likeness (QED) is 0.361. The number of benzene rings is 2. The van der Waals surface area contributed by atoms with Gasteiger partial charge in [-0.25, -0.2) is 14.4 Å². The fourth-order valence-electron chi connectivity index (χ4n) is 2.75. The van der Waals surface area contributed by atoms with E-state index >= 15 is 0 Å². The molecule has 0 bridgehead atoms. The van der Waals surface area contributed by atoms with E-state index in [1.165, 1.54) is 18.2 Å². The molecule has 4 amide bonds. The highest BCUT2D eigenvalue weighted by Crippen LogP contribution is 2.27. The predicted octanol–water partition coefficient (Wildman–Crippen LogP) is 5.52. The second kappa shape index (κ2) is 11.8. The molecule has 188 valence electrons. The molecule has 13 heteroatoms. The SMILES string of the molecule is CC(C)(C)OC(=O)NC(C(=O)O)c1ccc(Cl)c(Cl)c1.O=C1NC(=O)C(c2ccc(Cl)c(Cl)c2)N1. The van der Waals surface area contributed by atoms with Crippen molar-refractivity contribution in [1.82, 2.24) is 16.0 Å². The van der Waals surface area contributed by atoms with Crippen LogP contribution in [0.15, 0.2) is 36.4 Å². The molecule has 1 saturated heterocycles. The summed E-state index contributed by atoms with van der Waals surface area (Å²) in [5.41, 5.74) is 0.190. The lowest BCUT2D eigenvalue weighted by atomic mass is 10.1. The Balaban J connectivity index is 0.000000256. The van der Waals surface area contributed by atoms with Crippen LogP contribution in [0, 0.1) is 0 Å². The molecule has 1 fully saturated rings. The van der Waals surface area contributed by atoms with E-state index < -0.39 is 41.7 Å². The van der Waals surface area contributed by atoms with Crippen LogP contribution in [0.2, 0.25) is 20.1 Å². The number of hydrogen-bond donors (Lipinski definition) is 4. The molecule has 1 heterocycles. The third-order valence-corrected chi connectivity index (χ3v) is 5.71. The Morgan fingerprint density at radius 1 is 0.971 bits per heavy atom. The zero-order valence-electron chi connectivity index (χ0n) is 18.6. The average molecular weight is 565 g/mol. The first-order chi connectivity index (χ1) is 16.2. The standard InChI is InChI=1S/C13H15Cl2NO4.C9H6Cl2N2O2/c1-13(2,3)20-12(19)16-10(11(17)18)7-4-5-8(14)9(15)6-7;10-5-2-1-4(3-6(5)11)7-8(14)13-9(15)12-7/h4-6,10H,1-3H3,(H,16,19)(H,17,18);1-3,7H,(H2,12,13,14,15). The molecule has 1 aliphatic heterocycles. The maximum absolute atomic E-state index is 11.6. The third-order valence-electron chi connectivity index (χ3n) is 4.24. The fraction of sp³-hybridized carbons (Fsp3) is 0.273. The van der Waals surface area contributed by atoms with Crippen LogP contribution in [-0.2, 0) is 14.3 Å². The van der Waals surface area contributed by atoms with Crippen LogP contribution in [0.1, 0.15) is 44.0 Å². The van der Waals surface area contributed by atoms with Crippen LogP contribution in [0.3, 0.4) is 0 Å². The smallest absolute Gasteiger partial charge is 0.408 e. The first-order valence-corrected chi connectivity index (χ1v) is 11.4. The summed E-state index contributed by atoms with van der Waals surface area (Å²) in [6, 6.07) is 6.65. The number of imide groups is 1. The van der Waals surface area contributed by atoms with Gasteiger partial charge in [-0.05, 0) is 56.2 Å². The largest absolute Gasteiger partial charge is 0.479 e. The Bertz CT molecular complexity index is 1150. The van der Waals surface area contributed by atoms with Gasteiger partial charge in [0.2, 0.25) is 0 Å². The van der Waals surface area contributed by atoms with E-state index in [4.69, 9.17) is 51.1 Å². The second-order valence-electron chi connectivity index (χ2n) is 8.16. The number of ether oxygens (including phenoxy) is 1. The van der Waals surface area contributed by atoms with Gasteiger partial charge in [0, 0.05) is 0 Å². The first-order valence-electron chi connectivity index (χ1n) is 9.91. The van der Waals surface area contributed by atoms with Crippen molar-refractivity contribution >= 4 is 70.4 Å². The number of carbonyl (C=O) groups is 4. The number of aliphatic carboxylic acids is 1. The van der Waals surface area contributed by atoms with Crippen molar-refractivity contribution < 1.29 is 29.0 Å². The minimum Gasteiger partial charge on any atom is -0.479 e. The summed E-state index contributed by atoms with van der Waals surface area (Å²) >= 11 is 23.1. The van der Waals surface area contributed by atoms with Crippen molar-refractivity contribution in [2.45, 2.75) is 38.5 Å². The van der Waals surface area contributed by atoms with Gasteiger partial charge in [-0.3, -0.25) is 10.1 Å². The number of amides is 4. The Morgan fingerprint density at radius 3 is 2.00 bits per heavy atom. The van der Waals surface area contributed by atoms with Gasteiger partial charge in [-0.1, -0.05) is 58.5 Å². The van der Waals surface area contributed by atoms with Gasteiger partial charge in [0.05, 0.1) is 20.1 Å². The monoisotopic (exact) mass is 563 g/mol. The average Bonchev–Trinajstić information content (AvgIpc) is 3.07. The van der Waals surface area contributed by atoms with E-state index in [0.29, 0.717) is 26.2 Å². The summed E-state index contributed by atoms with van der Waals surface area (Å²) in [4.78, 5) is 45.1. The number of hydrogen-bond acceptors (Lipinski definition) is 5. The Morgan fingerprint density at radius 2 is 1.54 bits per heavy atom. The molecule has 0 aromatic heterocycles. The van der Waals surface area contributed by atoms with Crippen LogP contribution < -0.4 is 16.0 Å². The minimum atomic E-state index is -1.26. The van der Waals surface area contributed by atoms with E-state index in [1.54, 1.807) is 39.0 Å². The van der Waals surface area contributed by atoms with Gasteiger partial charge in [0.15, 0.2) is 6.04 Å². The van der Waals surface area contributed by atoms with E-state index in [9.17, 15) is 24.3 Å². The van der Waals surface area contributed by atoms with Gasteiger partial charge in [-0.15, -0.1) is 0 Å². The lowest BCUT2D eigenvalue weighted by molar-refractivity contribution is -0.139. The number of carboxylic acids is 1. The zero-order chi connectivity index (χ0) is 26.5. The molecule has 2 aromatic carbocycles. The van der Waals surface area contributed by atoms with Gasteiger partial charge < -0.3 is 20.5 Å². The normalized spacial score (nSPS) is 15.8. The second-order valence-corrected chi connectivity index (χ2v) is 9.79. The van der Waals surface area contributed by atoms with E-state index in [0.717, 1.165) is 0 Å². The molecular formula is C22H21Cl4N3O6. The molecule has 4 N–H and O–H groups in total. The van der Waals surface area contributed by atoms with Crippen molar-refractivity contribution in [2.75, 3.05) is 0 Å². The van der Waals surface area contributed by atoms with E-state index in [1.807, 2.05) is 0 Å². The first kappa shape index (κ1) is 28.5. The lowest BCUT2D eigenvalue weighted by Crippen LogP contribution is -2.38. The molecule has 2 atom stereocenters. The summed E-state index contributed by atoms with van der Waals surface area (Å²) in [7, 11) is 0.